The summed E-state index contributed by atoms with van der Waals surface area (Å²) in [6.07, 6.45) is 0. The smallest absolute Gasteiger partial charge is 0.164 e. The van der Waals surface area contributed by atoms with Crippen molar-refractivity contribution in [3.63, 3.8) is 0 Å². The first-order valence-electron chi connectivity index (χ1n) is 5.23. The molecule has 0 radical (unpaired) electrons. The number of nitrogens with one attached hydrogen (secondary N) is 1. The summed E-state index contributed by atoms with van der Waals surface area (Å²) in [4.78, 5) is 0. The van der Waals surface area contributed by atoms with Crippen molar-refractivity contribution in [1.82, 2.24) is 20.1 Å². The van der Waals surface area contributed by atoms with Gasteiger partial charge >= 0.3 is 0 Å². The molecule has 5 heteroatoms. The Hall–Kier alpha value is -1.39. The van der Waals surface area contributed by atoms with E-state index in [9.17, 15) is 0 Å². The second kappa shape index (κ2) is 3.88. The third-order valence-corrected chi connectivity index (χ3v) is 2.98. The van der Waals surface area contributed by atoms with E-state index in [0.29, 0.717) is 0 Å². The number of hydrogen-bond donors (Lipinski definition) is 1. The first-order valence-corrected chi connectivity index (χ1v) is 5.61. The van der Waals surface area contributed by atoms with Gasteiger partial charge in [-0.15, -0.1) is 10.2 Å². The van der Waals surface area contributed by atoms with Crippen LogP contribution in [0.5, 0.6) is 0 Å². The van der Waals surface area contributed by atoms with Crippen LogP contribution in [0.25, 0.3) is 11.4 Å². The Bertz CT molecular complexity index is 503. The fourth-order valence-corrected chi connectivity index (χ4v) is 2.03. The van der Waals surface area contributed by atoms with Crippen molar-refractivity contribution in [3.8, 4) is 11.4 Å². The average Bonchev–Trinajstić information content (AvgIpc) is 2.74. The number of aromatic nitrogens is 3. The minimum absolute atomic E-state index is 0.740. The van der Waals surface area contributed by atoms with Crippen LogP contribution >= 0.6 is 11.6 Å². The van der Waals surface area contributed by atoms with Crippen molar-refractivity contribution < 1.29 is 0 Å². The van der Waals surface area contributed by atoms with E-state index in [2.05, 4.69) is 20.1 Å². The van der Waals surface area contributed by atoms with E-state index < -0.39 is 0 Å². The van der Waals surface area contributed by atoms with Crippen LogP contribution in [0.4, 0.5) is 0 Å². The molecule has 1 aliphatic rings. The molecule has 0 unspecified atom stereocenters. The van der Waals surface area contributed by atoms with Crippen molar-refractivity contribution in [1.29, 1.82) is 0 Å². The summed E-state index contributed by atoms with van der Waals surface area (Å²) in [5.74, 6) is 1.92. The van der Waals surface area contributed by atoms with Gasteiger partial charge in [0, 0.05) is 23.7 Å². The van der Waals surface area contributed by atoms with Crippen molar-refractivity contribution in [3.05, 3.63) is 35.1 Å². The molecule has 0 amide bonds. The van der Waals surface area contributed by atoms with Crippen molar-refractivity contribution >= 4 is 11.6 Å². The normalized spacial score (nSPS) is 14.8. The second-order valence-electron chi connectivity index (χ2n) is 3.78. The largest absolute Gasteiger partial charge is 0.309 e. The molecule has 2 aromatic rings. The zero-order valence-electron chi connectivity index (χ0n) is 8.65. The lowest BCUT2D eigenvalue weighted by Gasteiger charge is -2.15. The summed E-state index contributed by atoms with van der Waals surface area (Å²) < 4.78 is 2.15. The average molecular weight is 235 g/mol. The van der Waals surface area contributed by atoms with Gasteiger partial charge in [-0.2, -0.15) is 0 Å². The summed E-state index contributed by atoms with van der Waals surface area (Å²) >= 11 is 5.86. The highest BCUT2D eigenvalue weighted by Gasteiger charge is 2.16. The first-order chi connectivity index (χ1) is 7.84. The fourth-order valence-electron chi connectivity index (χ4n) is 1.90. The molecule has 82 valence electrons. The van der Waals surface area contributed by atoms with Gasteiger partial charge in [0.15, 0.2) is 5.82 Å². The monoisotopic (exact) mass is 234 g/mol. The van der Waals surface area contributed by atoms with Crippen molar-refractivity contribution in [2.24, 2.45) is 0 Å². The van der Waals surface area contributed by atoms with Crippen LogP contribution in [0, 0.1) is 0 Å². The highest BCUT2D eigenvalue weighted by molar-refractivity contribution is 6.30. The van der Waals surface area contributed by atoms with Gasteiger partial charge in [-0.1, -0.05) is 11.6 Å². The lowest BCUT2D eigenvalue weighted by Crippen LogP contribution is -2.28. The number of fused-ring (bicyclic) bond motifs is 1. The molecule has 0 atom stereocenters. The minimum atomic E-state index is 0.740. The van der Waals surface area contributed by atoms with E-state index in [0.717, 1.165) is 41.9 Å². The van der Waals surface area contributed by atoms with E-state index in [1.54, 1.807) is 0 Å². The Balaban J connectivity index is 2.06. The number of benzene rings is 1. The SMILES string of the molecule is Clc1ccc(-c2nnc3n2CCNC3)cc1. The minimum Gasteiger partial charge on any atom is -0.309 e. The molecule has 0 aliphatic carbocycles. The molecule has 0 saturated carbocycles. The Labute approximate surface area is 98.3 Å². The lowest BCUT2D eigenvalue weighted by molar-refractivity contribution is 0.508. The molecule has 1 N–H and O–H groups in total. The Kier molecular flexibility index (Phi) is 2.38. The molecule has 0 spiro atoms. The quantitative estimate of drug-likeness (QED) is 0.817. The lowest BCUT2D eigenvalue weighted by atomic mass is 10.2. The van der Waals surface area contributed by atoms with Crippen LogP contribution in [-0.2, 0) is 13.1 Å². The highest BCUT2D eigenvalue weighted by Crippen LogP contribution is 2.21. The third kappa shape index (κ3) is 1.60. The van der Waals surface area contributed by atoms with E-state index >= 15 is 0 Å². The number of hydrogen-bond acceptors (Lipinski definition) is 3. The van der Waals surface area contributed by atoms with Gasteiger partial charge in [-0.05, 0) is 24.3 Å². The van der Waals surface area contributed by atoms with Gasteiger partial charge < -0.3 is 9.88 Å². The van der Waals surface area contributed by atoms with E-state index in [1.807, 2.05) is 24.3 Å². The summed E-state index contributed by atoms with van der Waals surface area (Å²) in [6, 6.07) is 7.70. The van der Waals surface area contributed by atoms with Gasteiger partial charge in [0.2, 0.25) is 0 Å². The molecular weight excluding hydrogens is 224 g/mol. The third-order valence-electron chi connectivity index (χ3n) is 2.73. The topological polar surface area (TPSA) is 42.7 Å². The number of halogens is 1. The second-order valence-corrected chi connectivity index (χ2v) is 4.21. The van der Waals surface area contributed by atoms with Gasteiger partial charge in [-0.3, -0.25) is 0 Å². The summed E-state index contributed by atoms with van der Waals surface area (Å²) in [6.45, 7) is 2.67. The van der Waals surface area contributed by atoms with Crippen LogP contribution in [0.1, 0.15) is 5.82 Å². The number of nitrogens with zero attached hydrogens (tertiary/aromatic N) is 3. The van der Waals surface area contributed by atoms with Gasteiger partial charge in [-0.25, -0.2) is 0 Å². The van der Waals surface area contributed by atoms with Crippen molar-refractivity contribution in [2.75, 3.05) is 6.54 Å². The van der Waals surface area contributed by atoms with Crippen LogP contribution in [0.15, 0.2) is 24.3 Å². The summed E-state index contributed by atoms with van der Waals surface area (Å²) in [5.41, 5.74) is 1.06. The van der Waals surface area contributed by atoms with E-state index in [-0.39, 0.29) is 0 Å². The molecule has 0 fully saturated rings. The zero-order valence-corrected chi connectivity index (χ0v) is 9.41. The molecule has 0 bridgehead atoms. The predicted octanol–water partition coefficient (Wildman–Crippen LogP) is 1.70. The molecule has 4 nitrogen and oxygen atoms in total. The summed E-state index contributed by atoms with van der Waals surface area (Å²) in [7, 11) is 0. The Morgan fingerprint density at radius 1 is 1.19 bits per heavy atom. The summed E-state index contributed by atoms with van der Waals surface area (Å²) in [5, 5.41) is 12.4. The fraction of sp³-hybridized carbons (Fsp3) is 0.273. The van der Waals surface area contributed by atoms with Gasteiger partial charge in [0.05, 0.1) is 6.54 Å². The molecule has 1 aromatic heterocycles. The standard InChI is InChI=1S/C11H11ClN4/c12-9-3-1-8(2-4-9)11-15-14-10-7-13-5-6-16(10)11/h1-4,13H,5-7H2. The highest BCUT2D eigenvalue weighted by atomic mass is 35.5. The Morgan fingerprint density at radius 3 is 2.81 bits per heavy atom. The molecule has 16 heavy (non-hydrogen) atoms. The maximum absolute atomic E-state index is 5.86. The van der Waals surface area contributed by atoms with Gasteiger partial charge in [0.1, 0.15) is 5.82 Å². The van der Waals surface area contributed by atoms with Crippen molar-refractivity contribution in [2.45, 2.75) is 13.1 Å². The Morgan fingerprint density at radius 2 is 2.00 bits per heavy atom. The first kappa shape index (κ1) is 9.81. The maximum atomic E-state index is 5.86. The van der Waals surface area contributed by atoms with Crippen LogP contribution in [-0.4, -0.2) is 21.3 Å². The van der Waals surface area contributed by atoms with Crippen LogP contribution in [0.2, 0.25) is 5.02 Å². The van der Waals surface area contributed by atoms with Gasteiger partial charge in [0.25, 0.3) is 0 Å². The molecule has 0 saturated heterocycles. The maximum Gasteiger partial charge on any atom is 0.164 e. The molecule has 2 heterocycles. The van der Waals surface area contributed by atoms with E-state index in [1.165, 1.54) is 0 Å². The van der Waals surface area contributed by atoms with Crippen LogP contribution in [0.3, 0.4) is 0 Å². The van der Waals surface area contributed by atoms with E-state index in [4.69, 9.17) is 11.6 Å². The number of rotatable bonds is 1. The zero-order chi connectivity index (χ0) is 11.0. The predicted molar refractivity (Wildman–Crippen MR) is 62.2 cm³/mol. The molecule has 1 aromatic carbocycles. The molecule has 3 rings (SSSR count). The molecular formula is C11H11ClN4. The van der Waals surface area contributed by atoms with Crippen LogP contribution < -0.4 is 5.32 Å². The molecule has 1 aliphatic heterocycles.